The van der Waals surface area contributed by atoms with Crippen molar-refractivity contribution in [3.05, 3.63) is 17.5 Å². The zero-order valence-corrected chi connectivity index (χ0v) is 12.7. The Morgan fingerprint density at radius 3 is 2.79 bits per heavy atom. The summed E-state index contributed by atoms with van der Waals surface area (Å²) in [5.74, 6) is -0.218. The third-order valence-corrected chi connectivity index (χ3v) is 6.50. The average Bonchev–Trinajstić information content (AvgIpc) is 2.92. The predicted molar refractivity (Wildman–Crippen MR) is 74.5 cm³/mol. The van der Waals surface area contributed by atoms with Crippen molar-refractivity contribution in [3.8, 4) is 0 Å². The standard InChI is InChI=1S/C12H18N2O3S2/c1-13(2)12(15)10-5-3-7-14(9-10)19(16,17)11-6-4-8-18-11/h4,6,8,10H,3,5,7,9H2,1-2H3/t10-/m1/s1. The molecule has 7 heteroatoms. The largest absolute Gasteiger partial charge is 0.349 e. The van der Waals surface area contributed by atoms with Gasteiger partial charge < -0.3 is 4.90 Å². The molecule has 0 N–H and O–H groups in total. The van der Waals surface area contributed by atoms with Crippen molar-refractivity contribution >= 4 is 27.3 Å². The Labute approximate surface area is 117 Å². The van der Waals surface area contributed by atoms with E-state index >= 15 is 0 Å². The van der Waals surface area contributed by atoms with Crippen molar-refractivity contribution in [3.63, 3.8) is 0 Å². The van der Waals surface area contributed by atoms with Crippen LogP contribution in [0.2, 0.25) is 0 Å². The first kappa shape index (κ1) is 14.5. The molecule has 1 fully saturated rings. The molecule has 0 aliphatic carbocycles. The fourth-order valence-electron chi connectivity index (χ4n) is 2.26. The molecule has 0 spiro atoms. The lowest BCUT2D eigenvalue weighted by Gasteiger charge is -2.32. The molecule has 0 aromatic carbocycles. The van der Waals surface area contributed by atoms with Crippen LogP contribution in [-0.2, 0) is 14.8 Å². The minimum Gasteiger partial charge on any atom is -0.349 e. The fraction of sp³-hybridized carbons (Fsp3) is 0.583. The predicted octanol–water partition coefficient (Wildman–Crippen LogP) is 1.24. The SMILES string of the molecule is CN(C)C(=O)[C@@H]1CCCN(S(=O)(=O)c2cccs2)C1. The van der Waals surface area contributed by atoms with Crippen LogP contribution in [0.5, 0.6) is 0 Å². The van der Waals surface area contributed by atoms with Crippen molar-refractivity contribution in [2.75, 3.05) is 27.2 Å². The number of hydrogen-bond acceptors (Lipinski definition) is 4. The minimum absolute atomic E-state index is 0.00563. The molecule has 0 radical (unpaired) electrons. The maximum atomic E-state index is 12.4. The number of rotatable bonds is 3. The molecule has 1 aliphatic rings. The summed E-state index contributed by atoms with van der Waals surface area (Å²) in [5, 5.41) is 1.75. The molecule has 1 amide bonds. The molecule has 0 bridgehead atoms. The van der Waals surface area contributed by atoms with Crippen LogP contribution >= 0.6 is 11.3 Å². The van der Waals surface area contributed by atoms with Crippen LogP contribution in [0.25, 0.3) is 0 Å². The van der Waals surface area contributed by atoms with Crippen molar-refractivity contribution in [2.24, 2.45) is 5.92 Å². The van der Waals surface area contributed by atoms with Gasteiger partial charge in [0.05, 0.1) is 5.92 Å². The van der Waals surface area contributed by atoms with E-state index in [1.807, 2.05) is 0 Å². The highest BCUT2D eigenvalue weighted by Crippen LogP contribution is 2.26. The van der Waals surface area contributed by atoms with Crippen LogP contribution in [0.4, 0.5) is 0 Å². The van der Waals surface area contributed by atoms with E-state index in [4.69, 9.17) is 0 Å². The highest BCUT2D eigenvalue weighted by atomic mass is 32.2. The Hall–Kier alpha value is -0.920. The molecular formula is C12H18N2O3S2. The van der Waals surface area contributed by atoms with Crippen LogP contribution in [0.15, 0.2) is 21.7 Å². The van der Waals surface area contributed by atoms with Crippen molar-refractivity contribution < 1.29 is 13.2 Å². The van der Waals surface area contributed by atoms with Gasteiger partial charge in [0.15, 0.2) is 0 Å². The van der Waals surface area contributed by atoms with Gasteiger partial charge in [-0.3, -0.25) is 4.79 Å². The maximum absolute atomic E-state index is 12.4. The van der Waals surface area contributed by atoms with Crippen molar-refractivity contribution in [1.82, 2.24) is 9.21 Å². The number of piperidine rings is 1. The van der Waals surface area contributed by atoms with E-state index in [1.165, 1.54) is 20.5 Å². The Morgan fingerprint density at radius 1 is 1.47 bits per heavy atom. The fourth-order valence-corrected chi connectivity index (χ4v) is 4.93. The number of amides is 1. The third-order valence-electron chi connectivity index (χ3n) is 3.26. The normalized spacial score (nSPS) is 21.3. The highest BCUT2D eigenvalue weighted by molar-refractivity contribution is 7.91. The summed E-state index contributed by atoms with van der Waals surface area (Å²) >= 11 is 1.21. The molecule has 1 aliphatic heterocycles. The van der Waals surface area contributed by atoms with Gasteiger partial charge in [-0.05, 0) is 24.3 Å². The summed E-state index contributed by atoms with van der Waals surface area (Å²) in [6.07, 6.45) is 1.49. The monoisotopic (exact) mass is 302 g/mol. The average molecular weight is 302 g/mol. The van der Waals surface area contributed by atoms with E-state index < -0.39 is 10.0 Å². The number of thiophene rings is 1. The number of nitrogens with zero attached hydrogens (tertiary/aromatic N) is 2. The summed E-state index contributed by atoms with van der Waals surface area (Å²) in [7, 11) is -0.0229. The highest BCUT2D eigenvalue weighted by Gasteiger charge is 2.34. The second-order valence-corrected chi connectivity index (χ2v) is 7.98. The summed E-state index contributed by atoms with van der Waals surface area (Å²) in [5.41, 5.74) is 0. The first-order valence-corrected chi connectivity index (χ1v) is 8.49. The first-order valence-electron chi connectivity index (χ1n) is 6.17. The molecule has 106 valence electrons. The molecule has 1 atom stereocenters. The summed E-state index contributed by atoms with van der Waals surface area (Å²) < 4.78 is 26.6. The van der Waals surface area contributed by atoms with Gasteiger partial charge in [-0.2, -0.15) is 4.31 Å². The van der Waals surface area contributed by atoms with E-state index in [2.05, 4.69) is 0 Å². The lowest BCUT2D eigenvalue weighted by Crippen LogP contribution is -2.44. The van der Waals surface area contributed by atoms with Crippen LogP contribution in [0, 0.1) is 5.92 Å². The zero-order valence-electron chi connectivity index (χ0n) is 11.1. The van der Waals surface area contributed by atoms with E-state index in [1.54, 1.807) is 31.6 Å². The molecule has 1 saturated heterocycles. The topological polar surface area (TPSA) is 57.7 Å². The molecule has 1 aromatic rings. The van der Waals surface area contributed by atoms with Gasteiger partial charge >= 0.3 is 0 Å². The Balaban J connectivity index is 2.16. The Morgan fingerprint density at radius 2 is 2.21 bits per heavy atom. The van der Waals surface area contributed by atoms with Gasteiger partial charge in [0, 0.05) is 27.2 Å². The van der Waals surface area contributed by atoms with E-state index in [-0.39, 0.29) is 18.4 Å². The van der Waals surface area contributed by atoms with Crippen molar-refractivity contribution in [1.29, 1.82) is 0 Å². The summed E-state index contributed by atoms with van der Waals surface area (Å²) in [6, 6.07) is 3.33. The zero-order chi connectivity index (χ0) is 14.0. The number of sulfonamides is 1. The van der Waals surface area contributed by atoms with Gasteiger partial charge in [-0.1, -0.05) is 6.07 Å². The van der Waals surface area contributed by atoms with Gasteiger partial charge in [0.25, 0.3) is 10.0 Å². The third kappa shape index (κ3) is 2.98. The summed E-state index contributed by atoms with van der Waals surface area (Å²) in [4.78, 5) is 13.5. The van der Waals surface area contributed by atoms with E-state index in [0.717, 1.165) is 12.8 Å². The molecule has 0 unspecified atom stereocenters. The molecule has 2 rings (SSSR count). The number of carbonyl (C=O) groups excluding carboxylic acids is 1. The quantitative estimate of drug-likeness (QED) is 0.844. The van der Waals surface area contributed by atoms with Crippen LogP contribution < -0.4 is 0 Å². The first-order chi connectivity index (χ1) is 8.93. The lowest BCUT2D eigenvalue weighted by atomic mass is 9.98. The van der Waals surface area contributed by atoms with Gasteiger partial charge in [-0.15, -0.1) is 11.3 Å². The number of carbonyl (C=O) groups is 1. The Kier molecular flexibility index (Phi) is 4.27. The van der Waals surface area contributed by atoms with Gasteiger partial charge in [0.2, 0.25) is 5.91 Å². The van der Waals surface area contributed by atoms with Crippen LogP contribution in [0.3, 0.4) is 0 Å². The molecule has 0 saturated carbocycles. The second-order valence-electron chi connectivity index (χ2n) is 4.87. The van der Waals surface area contributed by atoms with Crippen LogP contribution in [0.1, 0.15) is 12.8 Å². The summed E-state index contributed by atoms with van der Waals surface area (Å²) in [6.45, 7) is 0.786. The molecule has 5 nitrogen and oxygen atoms in total. The lowest BCUT2D eigenvalue weighted by molar-refractivity contribution is -0.134. The van der Waals surface area contributed by atoms with E-state index in [9.17, 15) is 13.2 Å². The van der Waals surface area contributed by atoms with Gasteiger partial charge in [-0.25, -0.2) is 8.42 Å². The number of hydrogen-bond donors (Lipinski definition) is 0. The Bertz CT molecular complexity index is 537. The molecule has 2 heterocycles. The molecule has 19 heavy (non-hydrogen) atoms. The van der Waals surface area contributed by atoms with Crippen LogP contribution in [-0.4, -0.2) is 50.7 Å². The minimum atomic E-state index is -3.43. The van der Waals surface area contributed by atoms with Gasteiger partial charge in [0.1, 0.15) is 4.21 Å². The smallest absolute Gasteiger partial charge is 0.252 e. The molecular weight excluding hydrogens is 284 g/mol. The maximum Gasteiger partial charge on any atom is 0.252 e. The molecule has 1 aromatic heterocycles. The van der Waals surface area contributed by atoms with E-state index in [0.29, 0.717) is 10.8 Å². The van der Waals surface area contributed by atoms with Crippen molar-refractivity contribution in [2.45, 2.75) is 17.1 Å². The second kappa shape index (κ2) is 5.60.